The number of benzene rings is 1. The van der Waals surface area contributed by atoms with Crippen molar-refractivity contribution in [3.05, 3.63) is 23.8 Å². The summed E-state index contributed by atoms with van der Waals surface area (Å²) in [4.78, 5) is 0. The van der Waals surface area contributed by atoms with Crippen LogP contribution in [-0.2, 0) is 0 Å². The van der Waals surface area contributed by atoms with E-state index in [1.807, 2.05) is 39.1 Å². The third kappa shape index (κ3) is 4.37. The molecule has 0 heterocycles. The first-order valence-electron chi connectivity index (χ1n) is 7.12. The molecule has 0 spiro atoms. The smallest absolute Gasteiger partial charge is 0.125 e. The molecule has 114 valence electrons. The molecule has 0 saturated carbocycles. The van der Waals surface area contributed by atoms with Crippen LogP contribution in [0.25, 0.3) is 0 Å². The van der Waals surface area contributed by atoms with Crippen LogP contribution in [-0.4, -0.2) is 38.0 Å². The van der Waals surface area contributed by atoms with Crippen molar-refractivity contribution >= 4 is 0 Å². The summed E-state index contributed by atoms with van der Waals surface area (Å²) in [6.07, 6.45) is -0.00671. The molecule has 20 heavy (non-hydrogen) atoms. The molecule has 0 aliphatic rings. The van der Waals surface area contributed by atoms with Gasteiger partial charge >= 0.3 is 0 Å². The second-order valence-electron chi connectivity index (χ2n) is 4.48. The summed E-state index contributed by atoms with van der Waals surface area (Å²) in [5.41, 5.74) is 6.32. The average Bonchev–Trinajstić information content (AvgIpc) is 2.46. The van der Waals surface area contributed by atoms with E-state index >= 15 is 0 Å². The van der Waals surface area contributed by atoms with Crippen LogP contribution < -0.4 is 20.5 Å². The minimum atomic E-state index is -0.689. The normalized spacial score (nSPS) is 13.8. The van der Waals surface area contributed by atoms with Gasteiger partial charge in [0.2, 0.25) is 0 Å². The first kappa shape index (κ1) is 16.8. The van der Waals surface area contributed by atoms with E-state index in [9.17, 15) is 5.11 Å². The van der Waals surface area contributed by atoms with Crippen LogP contribution in [0.4, 0.5) is 0 Å². The number of ether oxygens (including phenoxy) is 2. The van der Waals surface area contributed by atoms with Gasteiger partial charge in [0.15, 0.2) is 0 Å². The summed E-state index contributed by atoms with van der Waals surface area (Å²) in [7, 11) is 1.82. The Morgan fingerprint density at radius 1 is 1.25 bits per heavy atom. The lowest BCUT2D eigenvalue weighted by molar-refractivity contribution is 0.124. The molecule has 5 nitrogen and oxygen atoms in total. The topological polar surface area (TPSA) is 76.7 Å². The second kappa shape index (κ2) is 8.79. The molecule has 5 heteroatoms. The van der Waals surface area contributed by atoms with E-state index in [4.69, 9.17) is 15.2 Å². The van der Waals surface area contributed by atoms with E-state index in [-0.39, 0.29) is 6.04 Å². The molecule has 0 aliphatic heterocycles. The number of likely N-dealkylation sites (N-methyl/N-ethyl adjacent to an activating group) is 1. The van der Waals surface area contributed by atoms with Crippen molar-refractivity contribution in [1.29, 1.82) is 0 Å². The number of aliphatic hydroxyl groups excluding tert-OH is 1. The lowest BCUT2D eigenvalue weighted by Crippen LogP contribution is -2.34. The molecule has 1 aromatic rings. The van der Waals surface area contributed by atoms with Gasteiger partial charge in [-0.2, -0.15) is 0 Å². The van der Waals surface area contributed by atoms with Gasteiger partial charge < -0.3 is 25.6 Å². The maximum absolute atomic E-state index is 10.6. The molecule has 0 amide bonds. The minimum Gasteiger partial charge on any atom is -0.494 e. The summed E-state index contributed by atoms with van der Waals surface area (Å²) < 4.78 is 11.1. The Hall–Kier alpha value is -1.30. The van der Waals surface area contributed by atoms with Crippen LogP contribution in [0.3, 0.4) is 0 Å². The van der Waals surface area contributed by atoms with Gasteiger partial charge in [0.1, 0.15) is 11.5 Å². The maximum Gasteiger partial charge on any atom is 0.125 e. The standard InChI is InChI=1S/C15H26N2O3/c1-4-19-11-6-7-14(20-5-2)12(10-11)15(18)13(17-3)8-9-16/h6-7,10,13,15,17-18H,4-5,8-9,16H2,1-3H3. The Balaban J connectivity index is 3.05. The third-order valence-electron chi connectivity index (χ3n) is 3.14. The van der Waals surface area contributed by atoms with Crippen LogP contribution in [0.15, 0.2) is 18.2 Å². The lowest BCUT2D eigenvalue weighted by Gasteiger charge is -2.24. The molecule has 1 aromatic carbocycles. The van der Waals surface area contributed by atoms with Crippen LogP contribution in [0.1, 0.15) is 31.9 Å². The highest BCUT2D eigenvalue weighted by Gasteiger charge is 2.22. The number of hydrogen-bond donors (Lipinski definition) is 3. The molecular formula is C15H26N2O3. The Morgan fingerprint density at radius 2 is 1.95 bits per heavy atom. The third-order valence-corrected chi connectivity index (χ3v) is 3.14. The van der Waals surface area contributed by atoms with E-state index in [2.05, 4.69) is 5.32 Å². The van der Waals surface area contributed by atoms with Gasteiger partial charge in [-0.3, -0.25) is 0 Å². The van der Waals surface area contributed by atoms with E-state index in [1.165, 1.54) is 0 Å². The SMILES string of the molecule is CCOc1ccc(OCC)c(C(O)C(CCN)NC)c1. The number of nitrogens with two attached hydrogens (primary N) is 1. The molecule has 0 radical (unpaired) electrons. The molecule has 4 N–H and O–H groups in total. The van der Waals surface area contributed by atoms with Gasteiger partial charge in [0, 0.05) is 11.6 Å². The summed E-state index contributed by atoms with van der Waals surface area (Å²) >= 11 is 0. The van der Waals surface area contributed by atoms with E-state index in [0.717, 1.165) is 11.3 Å². The van der Waals surface area contributed by atoms with Crippen molar-refractivity contribution in [2.45, 2.75) is 32.4 Å². The first-order chi connectivity index (χ1) is 9.67. The van der Waals surface area contributed by atoms with Gasteiger partial charge in [0.05, 0.1) is 19.3 Å². The van der Waals surface area contributed by atoms with E-state index < -0.39 is 6.10 Å². The van der Waals surface area contributed by atoms with Gasteiger partial charge in [0.25, 0.3) is 0 Å². The molecule has 0 fully saturated rings. The van der Waals surface area contributed by atoms with Crippen molar-refractivity contribution in [2.75, 3.05) is 26.8 Å². The minimum absolute atomic E-state index is 0.115. The largest absolute Gasteiger partial charge is 0.494 e. The molecule has 1 rings (SSSR count). The van der Waals surface area contributed by atoms with E-state index in [1.54, 1.807) is 0 Å². The lowest BCUT2D eigenvalue weighted by atomic mass is 9.98. The first-order valence-corrected chi connectivity index (χ1v) is 7.12. The zero-order chi connectivity index (χ0) is 15.0. The number of hydrogen-bond acceptors (Lipinski definition) is 5. The van der Waals surface area contributed by atoms with Crippen LogP contribution in [0.5, 0.6) is 11.5 Å². The highest BCUT2D eigenvalue weighted by atomic mass is 16.5. The average molecular weight is 282 g/mol. The van der Waals surface area contributed by atoms with Crippen molar-refractivity contribution in [2.24, 2.45) is 5.73 Å². The molecule has 0 aliphatic carbocycles. The molecule has 0 aromatic heterocycles. The fourth-order valence-corrected chi connectivity index (χ4v) is 2.16. The molecule has 0 bridgehead atoms. The zero-order valence-corrected chi connectivity index (χ0v) is 12.6. The predicted molar refractivity (Wildman–Crippen MR) is 80.3 cm³/mol. The Labute approximate surface area is 121 Å². The van der Waals surface area contributed by atoms with Crippen LogP contribution in [0.2, 0.25) is 0 Å². The maximum atomic E-state index is 10.6. The van der Waals surface area contributed by atoms with Crippen molar-refractivity contribution < 1.29 is 14.6 Å². The van der Waals surface area contributed by atoms with Gasteiger partial charge in [-0.25, -0.2) is 0 Å². The zero-order valence-electron chi connectivity index (χ0n) is 12.6. The predicted octanol–water partition coefficient (Wildman–Crippen LogP) is 1.45. The number of nitrogens with one attached hydrogen (secondary N) is 1. The van der Waals surface area contributed by atoms with Crippen molar-refractivity contribution in [1.82, 2.24) is 5.32 Å². The fraction of sp³-hybridized carbons (Fsp3) is 0.600. The summed E-state index contributed by atoms with van der Waals surface area (Å²) in [5, 5.41) is 13.7. The second-order valence-corrected chi connectivity index (χ2v) is 4.48. The quantitative estimate of drug-likeness (QED) is 0.639. The molecule has 2 atom stereocenters. The van der Waals surface area contributed by atoms with Crippen LogP contribution in [0, 0.1) is 0 Å². The highest BCUT2D eigenvalue weighted by Crippen LogP contribution is 2.32. The van der Waals surface area contributed by atoms with E-state index in [0.29, 0.717) is 31.9 Å². The molecule has 2 unspecified atom stereocenters. The fourth-order valence-electron chi connectivity index (χ4n) is 2.16. The summed E-state index contributed by atoms with van der Waals surface area (Å²) in [6, 6.07) is 5.40. The Morgan fingerprint density at radius 3 is 2.50 bits per heavy atom. The van der Waals surface area contributed by atoms with Crippen LogP contribution >= 0.6 is 0 Å². The van der Waals surface area contributed by atoms with Gasteiger partial charge in [-0.05, 0) is 52.1 Å². The van der Waals surface area contributed by atoms with Gasteiger partial charge in [-0.15, -0.1) is 0 Å². The number of rotatable bonds is 9. The monoisotopic (exact) mass is 282 g/mol. The molecule has 0 saturated heterocycles. The Kier molecular flexibility index (Phi) is 7.36. The van der Waals surface area contributed by atoms with Crippen molar-refractivity contribution in [3.8, 4) is 11.5 Å². The summed E-state index contributed by atoms with van der Waals surface area (Å²) in [6.45, 7) is 5.49. The highest BCUT2D eigenvalue weighted by molar-refractivity contribution is 5.42. The van der Waals surface area contributed by atoms with Crippen molar-refractivity contribution in [3.63, 3.8) is 0 Å². The summed E-state index contributed by atoms with van der Waals surface area (Å²) in [5.74, 6) is 1.41. The molecular weight excluding hydrogens is 256 g/mol. The Bertz CT molecular complexity index is 399. The number of aliphatic hydroxyl groups is 1. The van der Waals surface area contributed by atoms with Gasteiger partial charge in [-0.1, -0.05) is 0 Å².